The summed E-state index contributed by atoms with van der Waals surface area (Å²) in [6.45, 7) is 7.11. The van der Waals surface area contributed by atoms with Crippen molar-refractivity contribution in [2.24, 2.45) is 11.8 Å². The van der Waals surface area contributed by atoms with Gasteiger partial charge in [0.25, 0.3) is 10.2 Å². The molecule has 0 aromatic heterocycles. The fourth-order valence-electron chi connectivity index (χ4n) is 1.91. The van der Waals surface area contributed by atoms with Crippen molar-refractivity contribution >= 4 is 10.2 Å². The van der Waals surface area contributed by atoms with Gasteiger partial charge in [0.15, 0.2) is 0 Å². The third-order valence-electron chi connectivity index (χ3n) is 3.06. The topological polar surface area (TPSA) is 61.4 Å². The molecule has 0 aromatic rings. The molecule has 0 unspecified atom stereocenters. The minimum Gasteiger partial charge on any atom is -0.317 e. The van der Waals surface area contributed by atoms with Crippen molar-refractivity contribution in [1.82, 2.24) is 14.3 Å². The molecule has 0 amide bonds. The van der Waals surface area contributed by atoms with Gasteiger partial charge < -0.3 is 5.32 Å². The van der Waals surface area contributed by atoms with Crippen LogP contribution in [0, 0.1) is 11.8 Å². The molecule has 0 spiro atoms. The monoisotopic (exact) mass is 263 g/mol. The van der Waals surface area contributed by atoms with Crippen molar-refractivity contribution in [3.63, 3.8) is 0 Å². The summed E-state index contributed by atoms with van der Waals surface area (Å²) in [5.74, 6) is 0.814. The highest BCUT2D eigenvalue weighted by Crippen LogP contribution is 2.13. The zero-order chi connectivity index (χ0) is 12.9. The Bertz CT molecular complexity index is 311. The Kier molecular flexibility index (Phi) is 5.85. The maximum Gasteiger partial charge on any atom is 0.279 e. The van der Waals surface area contributed by atoms with Gasteiger partial charge in [0.05, 0.1) is 0 Å². The van der Waals surface area contributed by atoms with Crippen molar-refractivity contribution in [2.45, 2.75) is 26.7 Å². The first-order valence-corrected chi connectivity index (χ1v) is 7.77. The Morgan fingerprint density at radius 2 is 1.94 bits per heavy atom. The molecule has 1 aliphatic rings. The Morgan fingerprint density at radius 3 is 2.47 bits per heavy atom. The smallest absolute Gasteiger partial charge is 0.279 e. The average molecular weight is 263 g/mol. The maximum absolute atomic E-state index is 11.9. The van der Waals surface area contributed by atoms with Crippen LogP contribution in [0.5, 0.6) is 0 Å². The Balaban J connectivity index is 2.41. The molecule has 5 nitrogen and oxygen atoms in total. The first kappa shape index (κ1) is 14.9. The van der Waals surface area contributed by atoms with E-state index in [1.165, 1.54) is 4.31 Å². The van der Waals surface area contributed by atoms with Crippen molar-refractivity contribution in [2.75, 3.05) is 33.2 Å². The van der Waals surface area contributed by atoms with E-state index in [0.717, 1.165) is 25.9 Å². The van der Waals surface area contributed by atoms with E-state index in [0.29, 0.717) is 24.9 Å². The lowest BCUT2D eigenvalue weighted by molar-refractivity contribution is 0.308. The largest absolute Gasteiger partial charge is 0.317 e. The third-order valence-corrected chi connectivity index (χ3v) is 4.56. The van der Waals surface area contributed by atoms with E-state index in [4.69, 9.17) is 0 Å². The summed E-state index contributed by atoms with van der Waals surface area (Å²) in [6, 6.07) is 0. The highest BCUT2D eigenvalue weighted by atomic mass is 32.2. The van der Waals surface area contributed by atoms with Crippen molar-refractivity contribution in [3.05, 3.63) is 0 Å². The second-order valence-electron chi connectivity index (χ2n) is 5.22. The summed E-state index contributed by atoms with van der Waals surface area (Å²) < 4.78 is 27.9. The normalized spacial score (nSPS) is 19.1. The van der Waals surface area contributed by atoms with E-state index in [9.17, 15) is 8.42 Å². The van der Waals surface area contributed by atoms with Gasteiger partial charge in [-0.05, 0) is 37.8 Å². The van der Waals surface area contributed by atoms with Crippen molar-refractivity contribution < 1.29 is 8.42 Å². The summed E-state index contributed by atoms with van der Waals surface area (Å²) in [5.41, 5.74) is 0. The zero-order valence-electron chi connectivity index (χ0n) is 11.1. The highest BCUT2D eigenvalue weighted by Gasteiger charge is 2.22. The quantitative estimate of drug-likeness (QED) is 0.729. The van der Waals surface area contributed by atoms with E-state index in [1.807, 2.05) is 13.8 Å². The van der Waals surface area contributed by atoms with E-state index in [-0.39, 0.29) is 0 Å². The number of nitrogens with zero attached hydrogens (tertiary/aromatic N) is 1. The fraction of sp³-hybridized carbons (Fsp3) is 1.00. The van der Waals surface area contributed by atoms with Crippen LogP contribution >= 0.6 is 0 Å². The van der Waals surface area contributed by atoms with Crippen LogP contribution in [-0.2, 0) is 10.2 Å². The van der Waals surface area contributed by atoms with Crippen LogP contribution in [0.4, 0.5) is 0 Å². The molecule has 0 bridgehead atoms. The van der Waals surface area contributed by atoms with Gasteiger partial charge in [-0.1, -0.05) is 13.8 Å². The van der Waals surface area contributed by atoms with E-state index in [2.05, 4.69) is 10.0 Å². The van der Waals surface area contributed by atoms with Gasteiger partial charge in [0, 0.05) is 20.1 Å². The molecule has 0 radical (unpaired) electrons. The van der Waals surface area contributed by atoms with Gasteiger partial charge in [-0.2, -0.15) is 12.7 Å². The van der Waals surface area contributed by atoms with Gasteiger partial charge in [-0.15, -0.1) is 0 Å². The molecule has 17 heavy (non-hydrogen) atoms. The SMILES string of the molecule is CC(C)CNS(=O)(=O)N(C)CC1CCNCC1. The summed E-state index contributed by atoms with van der Waals surface area (Å²) in [5, 5.41) is 3.28. The molecule has 0 saturated carbocycles. The first-order valence-electron chi connectivity index (χ1n) is 6.33. The van der Waals surface area contributed by atoms with Crippen LogP contribution in [0.1, 0.15) is 26.7 Å². The summed E-state index contributed by atoms with van der Waals surface area (Å²) in [6.07, 6.45) is 2.12. The molecule has 0 aliphatic carbocycles. The molecule has 1 rings (SSSR count). The van der Waals surface area contributed by atoms with Crippen molar-refractivity contribution in [1.29, 1.82) is 0 Å². The van der Waals surface area contributed by atoms with Gasteiger partial charge >= 0.3 is 0 Å². The third kappa shape index (κ3) is 5.33. The Labute approximate surface area is 105 Å². The van der Waals surface area contributed by atoms with Gasteiger partial charge in [-0.3, -0.25) is 0 Å². The number of piperidine rings is 1. The molecule has 102 valence electrons. The Morgan fingerprint density at radius 1 is 1.35 bits per heavy atom. The molecule has 0 atom stereocenters. The van der Waals surface area contributed by atoms with Gasteiger partial charge in [0.1, 0.15) is 0 Å². The predicted octanol–water partition coefficient (Wildman–Crippen LogP) is 0.408. The number of hydrogen-bond donors (Lipinski definition) is 2. The van der Waals surface area contributed by atoms with E-state index >= 15 is 0 Å². The fourth-order valence-corrected chi connectivity index (χ4v) is 3.08. The average Bonchev–Trinajstić information content (AvgIpc) is 2.28. The van der Waals surface area contributed by atoms with Crippen LogP contribution in [-0.4, -0.2) is 45.9 Å². The second-order valence-corrected chi connectivity index (χ2v) is 7.08. The maximum atomic E-state index is 11.9. The van der Waals surface area contributed by atoms with Crippen LogP contribution in [0.2, 0.25) is 0 Å². The first-order chi connectivity index (χ1) is 7.92. The van der Waals surface area contributed by atoms with Gasteiger partial charge in [0.2, 0.25) is 0 Å². The number of rotatable bonds is 6. The highest BCUT2D eigenvalue weighted by molar-refractivity contribution is 7.87. The molecule has 1 heterocycles. The van der Waals surface area contributed by atoms with Gasteiger partial charge in [-0.25, -0.2) is 4.72 Å². The molecule has 6 heteroatoms. The van der Waals surface area contributed by atoms with Crippen LogP contribution in [0.25, 0.3) is 0 Å². The van der Waals surface area contributed by atoms with E-state index < -0.39 is 10.2 Å². The minimum atomic E-state index is -3.29. The lowest BCUT2D eigenvalue weighted by Gasteiger charge is -2.27. The van der Waals surface area contributed by atoms with Crippen LogP contribution in [0.3, 0.4) is 0 Å². The number of hydrogen-bond acceptors (Lipinski definition) is 3. The predicted molar refractivity (Wildman–Crippen MR) is 70.0 cm³/mol. The second kappa shape index (κ2) is 6.68. The lowest BCUT2D eigenvalue weighted by Crippen LogP contribution is -2.43. The molecular formula is C11H25N3O2S. The van der Waals surface area contributed by atoms with E-state index in [1.54, 1.807) is 7.05 Å². The van der Waals surface area contributed by atoms with Crippen LogP contribution in [0.15, 0.2) is 0 Å². The molecule has 1 saturated heterocycles. The molecule has 2 N–H and O–H groups in total. The van der Waals surface area contributed by atoms with Crippen molar-refractivity contribution in [3.8, 4) is 0 Å². The minimum absolute atomic E-state index is 0.331. The molecule has 0 aromatic carbocycles. The lowest BCUT2D eigenvalue weighted by atomic mass is 9.98. The standard InChI is InChI=1S/C11H25N3O2S/c1-10(2)8-13-17(15,16)14(3)9-11-4-6-12-7-5-11/h10-13H,4-9H2,1-3H3. The molecule has 1 aliphatic heterocycles. The zero-order valence-corrected chi connectivity index (χ0v) is 11.9. The summed E-state index contributed by atoms with van der Waals surface area (Å²) >= 11 is 0. The number of nitrogens with one attached hydrogen (secondary N) is 2. The summed E-state index contributed by atoms with van der Waals surface area (Å²) in [4.78, 5) is 0. The van der Waals surface area contributed by atoms with Crippen LogP contribution < -0.4 is 10.0 Å². The summed E-state index contributed by atoms with van der Waals surface area (Å²) in [7, 11) is -1.63. The molecular weight excluding hydrogens is 238 g/mol. The Hall–Kier alpha value is -0.170. The molecule has 1 fully saturated rings.